The topological polar surface area (TPSA) is 49.6 Å². The first-order valence-corrected chi connectivity index (χ1v) is 5.77. The maximum atomic E-state index is 11.6. The largest absolute Gasteiger partial charge is 0.341 e. The number of hydrogen-bond donors (Lipinski definition) is 1. The number of carbonyl (C=O) groups excluding carboxylic acids is 1. The summed E-state index contributed by atoms with van der Waals surface area (Å²) < 4.78 is 0. The number of hydrogen-bond acceptors (Lipinski definition) is 3. The van der Waals surface area contributed by atoms with Crippen LogP contribution in [-0.4, -0.2) is 55.0 Å². The molecule has 1 heterocycles. The van der Waals surface area contributed by atoms with Crippen molar-refractivity contribution >= 4 is 5.91 Å². The summed E-state index contributed by atoms with van der Waals surface area (Å²) in [7, 11) is 2.12. The van der Waals surface area contributed by atoms with Crippen molar-refractivity contribution in [1.29, 1.82) is 0 Å². The molecule has 88 valence electrons. The van der Waals surface area contributed by atoms with Gasteiger partial charge in [0.1, 0.15) is 0 Å². The van der Waals surface area contributed by atoms with Gasteiger partial charge in [-0.1, -0.05) is 6.92 Å². The minimum absolute atomic E-state index is 0.0941. The van der Waals surface area contributed by atoms with E-state index in [9.17, 15) is 4.79 Å². The zero-order chi connectivity index (χ0) is 11.4. The zero-order valence-electron chi connectivity index (χ0n) is 10.1. The van der Waals surface area contributed by atoms with Crippen molar-refractivity contribution in [2.24, 2.45) is 11.7 Å². The molecule has 0 aromatic heterocycles. The highest BCUT2D eigenvalue weighted by atomic mass is 16.2. The van der Waals surface area contributed by atoms with Gasteiger partial charge in [-0.05, 0) is 32.9 Å². The number of likely N-dealkylation sites (tertiary alicyclic amines) is 1. The molecular formula is C11H23N3O. The van der Waals surface area contributed by atoms with Crippen LogP contribution in [0.4, 0.5) is 0 Å². The third-order valence-corrected chi connectivity index (χ3v) is 3.10. The quantitative estimate of drug-likeness (QED) is 0.722. The lowest BCUT2D eigenvalue weighted by atomic mass is 10.1. The third-order valence-electron chi connectivity index (χ3n) is 3.10. The first-order valence-electron chi connectivity index (χ1n) is 5.77. The lowest BCUT2D eigenvalue weighted by molar-refractivity contribution is -0.131. The molecule has 1 aliphatic heterocycles. The molecule has 1 saturated heterocycles. The van der Waals surface area contributed by atoms with E-state index in [1.54, 1.807) is 6.92 Å². The number of nitrogens with two attached hydrogens (primary N) is 1. The van der Waals surface area contributed by atoms with Crippen LogP contribution in [0.15, 0.2) is 0 Å². The molecule has 0 aromatic rings. The Morgan fingerprint density at radius 2 is 2.33 bits per heavy atom. The highest BCUT2D eigenvalue weighted by Gasteiger charge is 2.27. The van der Waals surface area contributed by atoms with Crippen molar-refractivity contribution in [3.05, 3.63) is 0 Å². The minimum atomic E-state index is -0.354. The van der Waals surface area contributed by atoms with Gasteiger partial charge < -0.3 is 15.5 Å². The van der Waals surface area contributed by atoms with Crippen LogP contribution in [0.1, 0.15) is 20.3 Å². The summed E-state index contributed by atoms with van der Waals surface area (Å²) in [6.45, 7) is 7.82. The summed E-state index contributed by atoms with van der Waals surface area (Å²) >= 11 is 0. The summed E-state index contributed by atoms with van der Waals surface area (Å²) in [5.74, 6) is 0.717. The molecule has 4 heteroatoms. The van der Waals surface area contributed by atoms with E-state index in [1.165, 1.54) is 0 Å². The van der Waals surface area contributed by atoms with Gasteiger partial charge in [0, 0.05) is 19.6 Å². The zero-order valence-corrected chi connectivity index (χ0v) is 10.1. The van der Waals surface area contributed by atoms with Crippen molar-refractivity contribution in [1.82, 2.24) is 9.80 Å². The molecule has 1 fully saturated rings. The number of carbonyl (C=O) groups is 1. The van der Waals surface area contributed by atoms with E-state index in [4.69, 9.17) is 5.73 Å². The van der Waals surface area contributed by atoms with Gasteiger partial charge in [0.25, 0.3) is 0 Å². The Balaban J connectivity index is 2.35. The third kappa shape index (κ3) is 3.47. The van der Waals surface area contributed by atoms with E-state index < -0.39 is 0 Å². The molecule has 0 radical (unpaired) electrons. The van der Waals surface area contributed by atoms with E-state index in [-0.39, 0.29) is 11.9 Å². The second-order valence-electron chi connectivity index (χ2n) is 4.58. The van der Waals surface area contributed by atoms with Gasteiger partial charge in [-0.15, -0.1) is 0 Å². The van der Waals surface area contributed by atoms with Crippen LogP contribution in [0, 0.1) is 5.92 Å². The average Bonchev–Trinajstić information content (AvgIpc) is 2.64. The smallest absolute Gasteiger partial charge is 0.239 e. The Bertz CT molecular complexity index is 218. The summed E-state index contributed by atoms with van der Waals surface area (Å²) in [6.07, 6.45) is 1.11. The summed E-state index contributed by atoms with van der Waals surface area (Å²) in [5.41, 5.74) is 5.59. The molecule has 2 unspecified atom stereocenters. The Labute approximate surface area is 92.4 Å². The Morgan fingerprint density at radius 1 is 1.67 bits per heavy atom. The van der Waals surface area contributed by atoms with E-state index in [1.807, 2.05) is 4.90 Å². The number of nitrogens with zero attached hydrogens (tertiary/aromatic N) is 2. The van der Waals surface area contributed by atoms with Crippen molar-refractivity contribution < 1.29 is 4.79 Å². The van der Waals surface area contributed by atoms with Crippen molar-refractivity contribution in [2.75, 3.05) is 33.2 Å². The Kier molecular flexibility index (Phi) is 4.54. The molecule has 1 rings (SSSR count). The van der Waals surface area contributed by atoms with Crippen LogP contribution in [0.25, 0.3) is 0 Å². The Hall–Kier alpha value is -0.610. The molecule has 0 aromatic carbocycles. The second kappa shape index (κ2) is 5.47. The maximum absolute atomic E-state index is 11.6. The predicted octanol–water partition coefficient (Wildman–Crippen LogP) is 0.134. The predicted molar refractivity (Wildman–Crippen MR) is 61.5 cm³/mol. The van der Waals surface area contributed by atoms with Gasteiger partial charge in [0.15, 0.2) is 0 Å². The van der Waals surface area contributed by atoms with Crippen LogP contribution in [0.5, 0.6) is 0 Å². The summed E-state index contributed by atoms with van der Waals surface area (Å²) in [6, 6.07) is -0.354. The van der Waals surface area contributed by atoms with E-state index >= 15 is 0 Å². The molecule has 15 heavy (non-hydrogen) atoms. The lowest BCUT2D eigenvalue weighted by Crippen LogP contribution is -2.41. The second-order valence-corrected chi connectivity index (χ2v) is 4.58. The molecule has 2 N–H and O–H groups in total. The summed E-state index contributed by atoms with van der Waals surface area (Å²) in [4.78, 5) is 15.8. The normalized spacial score (nSPS) is 23.5. The highest BCUT2D eigenvalue weighted by molar-refractivity contribution is 5.81. The SMILES string of the molecule is CCN(C)CC1CCN(C(=O)C(C)N)C1. The monoisotopic (exact) mass is 213 g/mol. The Morgan fingerprint density at radius 3 is 2.87 bits per heavy atom. The number of rotatable bonds is 4. The first-order chi connectivity index (χ1) is 7.04. The molecule has 1 amide bonds. The molecule has 0 spiro atoms. The standard InChI is InChI=1S/C11H23N3O/c1-4-13(3)7-10-5-6-14(8-10)11(15)9(2)12/h9-10H,4-8,12H2,1-3H3. The fraction of sp³-hybridized carbons (Fsp3) is 0.909. The van der Waals surface area contributed by atoms with Gasteiger partial charge >= 0.3 is 0 Å². The van der Waals surface area contributed by atoms with Gasteiger partial charge in [-0.3, -0.25) is 4.79 Å². The van der Waals surface area contributed by atoms with Gasteiger partial charge in [0.05, 0.1) is 6.04 Å². The van der Waals surface area contributed by atoms with E-state index in [0.29, 0.717) is 5.92 Å². The van der Waals surface area contributed by atoms with Crippen LogP contribution < -0.4 is 5.73 Å². The van der Waals surface area contributed by atoms with Crippen LogP contribution in [-0.2, 0) is 4.79 Å². The highest BCUT2D eigenvalue weighted by Crippen LogP contribution is 2.17. The van der Waals surface area contributed by atoms with Gasteiger partial charge in [0.2, 0.25) is 5.91 Å². The van der Waals surface area contributed by atoms with Crippen molar-refractivity contribution in [3.8, 4) is 0 Å². The van der Waals surface area contributed by atoms with Crippen LogP contribution >= 0.6 is 0 Å². The molecule has 0 aliphatic carbocycles. The molecule has 0 saturated carbocycles. The molecule has 4 nitrogen and oxygen atoms in total. The summed E-state index contributed by atoms with van der Waals surface area (Å²) in [5, 5.41) is 0. The average molecular weight is 213 g/mol. The molecule has 2 atom stereocenters. The molecule has 0 bridgehead atoms. The van der Waals surface area contributed by atoms with E-state index in [0.717, 1.165) is 32.6 Å². The van der Waals surface area contributed by atoms with Crippen LogP contribution in [0.3, 0.4) is 0 Å². The van der Waals surface area contributed by atoms with E-state index in [2.05, 4.69) is 18.9 Å². The fourth-order valence-corrected chi connectivity index (χ4v) is 2.04. The minimum Gasteiger partial charge on any atom is -0.341 e. The van der Waals surface area contributed by atoms with Crippen molar-refractivity contribution in [2.45, 2.75) is 26.3 Å². The van der Waals surface area contributed by atoms with Crippen molar-refractivity contribution in [3.63, 3.8) is 0 Å². The fourth-order valence-electron chi connectivity index (χ4n) is 2.04. The first kappa shape index (κ1) is 12.5. The molecule has 1 aliphatic rings. The number of amides is 1. The van der Waals surface area contributed by atoms with Gasteiger partial charge in [-0.25, -0.2) is 0 Å². The molecular weight excluding hydrogens is 190 g/mol. The van der Waals surface area contributed by atoms with Gasteiger partial charge in [-0.2, -0.15) is 0 Å². The van der Waals surface area contributed by atoms with Crippen LogP contribution in [0.2, 0.25) is 0 Å². The lowest BCUT2D eigenvalue weighted by Gasteiger charge is -2.21. The maximum Gasteiger partial charge on any atom is 0.239 e.